The van der Waals surface area contributed by atoms with Crippen LogP contribution in [0.15, 0.2) is 24.3 Å². The van der Waals surface area contributed by atoms with Crippen LogP contribution in [0.1, 0.15) is 18.4 Å². The number of amides is 1. The van der Waals surface area contributed by atoms with E-state index in [2.05, 4.69) is 10.6 Å². The quantitative estimate of drug-likeness (QED) is 0.388. The smallest absolute Gasteiger partial charge is 0.239 e. The minimum atomic E-state index is -0.900. The second-order valence-corrected chi connectivity index (χ2v) is 4.69. The Balaban J connectivity index is 1.82. The van der Waals surface area contributed by atoms with Crippen molar-refractivity contribution in [1.29, 1.82) is 0 Å². The third-order valence-electron chi connectivity index (χ3n) is 3.20. The maximum atomic E-state index is 11.8. The highest BCUT2D eigenvalue weighted by Crippen LogP contribution is 2.10. The van der Waals surface area contributed by atoms with Gasteiger partial charge < -0.3 is 15.7 Å². The Morgan fingerprint density at radius 1 is 1.42 bits per heavy atom. The Labute approximate surface area is 111 Å². The van der Waals surface area contributed by atoms with Crippen molar-refractivity contribution >= 4 is 11.6 Å². The molecule has 1 amide bonds. The average molecular weight is 265 g/mol. The van der Waals surface area contributed by atoms with Crippen molar-refractivity contribution in [3.8, 4) is 0 Å². The standard InChI is InChI=1S/C13H19N3O3/c17-12(15-13(18)11-2-1-7-14-11)8-9-3-5-10(16-19)6-4-9/h3-6,11-12,14,16-17,19H,1-2,7-8H2,(H,15,18). The molecule has 1 aromatic rings. The minimum absolute atomic E-state index is 0.154. The molecule has 2 unspecified atom stereocenters. The third-order valence-corrected chi connectivity index (χ3v) is 3.20. The molecule has 6 heteroatoms. The van der Waals surface area contributed by atoms with Crippen molar-refractivity contribution in [2.45, 2.75) is 31.5 Å². The van der Waals surface area contributed by atoms with Crippen molar-refractivity contribution in [3.63, 3.8) is 0 Å². The summed E-state index contributed by atoms with van der Waals surface area (Å²) in [5.74, 6) is -0.154. The lowest BCUT2D eigenvalue weighted by atomic mass is 10.1. The summed E-state index contributed by atoms with van der Waals surface area (Å²) in [6.45, 7) is 0.851. The van der Waals surface area contributed by atoms with Crippen LogP contribution in [0.2, 0.25) is 0 Å². The number of hydrogen-bond donors (Lipinski definition) is 5. The molecular weight excluding hydrogens is 246 g/mol. The number of nitrogens with one attached hydrogen (secondary N) is 3. The number of hydrogen-bond acceptors (Lipinski definition) is 5. The van der Waals surface area contributed by atoms with E-state index in [0.717, 1.165) is 24.9 Å². The zero-order valence-corrected chi connectivity index (χ0v) is 10.6. The van der Waals surface area contributed by atoms with E-state index in [1.54, 1.807) is 24.3 Å². The predicted octanol–water partition coefficient (Wildman–Crippen LogP) is 0.217. The maximum Gasteiger partial charge on any atom is 0.239 e. The first kappa shape index (κ1) is 13.8. The molecule has 1 aliphatic rings. The second kappa shape index (κ2) is 6.51. The van der Waals surface area contributed by atoms with Gasteiger partial charge in [0.05, 0.1) is 11.7 Å². The van der Waals surface area contributed by atoms with Crippen molar-refractivity contribution in [3.05, 3.63) is 29.8 Å². The summed E-state index contributed by atoms with van der Waals surface area (Å²) in [5.41, 5.74) is 3.50. The van der Waals surface area contributed by atoms with Crippen molar-refractivity contribution in [1.82, 2.24) is 10.6 Å². The normalized spacial score (nSPS) is 20.0. The molecule has 19 heavy (non-hydrogen) atoms. The highest BCUT2D eigenvalue weighted by Gasteiger charge is 2.23. The van der Waals surface area contributed by atoms with Gasteiger partial charge in [-0.2, -0.15) is 0 Å². The molecule has 1 fully saturated rings. The molecule has 0 spiro atoms. The van der Waals surface area contributed by atoms with E-state index in [1.807, 2.05) is 5.48 Å². The van der Waals surface area contributed by atoms with Gasteiger partial charge in [-0.1, -0.05) is 12.1 Å². The number of aliphatic hydroxyl groups is 1. The molecule has 5 N–H and O–H groups in total. The van der Waals surface area contributed by atoms with Crippen LogP contribution >= 0.6 is 0 Å². The van der Waals surface area contributed by atoms with Crippen LogP contribution in [-0.2, 0) is 11.2 Å². The molecule has 1 aliphatic heterocycles. The lowest BCUT2D eigenvalue weighted by Gasteiger charge is -2.16. The van der Waals surface area contributed by atoms with Crippen LogP contribution in [0.5, 0.6) is 0 Å². The van der Waals surface area contributed by atoms with E-state index in [9.17, 15) is 9.90 Å². The lowest BCUT2D eigenvalue weighted by Crippen LogP contribution is -2.45. The van der Waals surface area contributed by atoms with Gasteiger partial charge in [-0.15, -0.1) is 0 Å². The fourth-order valence-corrected chi connectivity index (χ4v) is 2.16. The SMILES string of the molecule is O=C(NC(O)Cc1ccc(NO)cc1)C1CCCN1. The van der Waals surface area contributed by atoms with Crippen LogP contribution in [0.3, 0.4) is 0 Å². The van der Waals surface area contributed by atoms with Gasteiger partial charge in [0, 0.05) is 6.42 Å². The fraction of sp³-hybridized carbons (Fsp3) is 0.462. The summed E-state index contributed by atoms with van der Waals surface area (Å²) >= 11 is 0. The number of carbonyl (C=O) groups is 1. The molecule has 0 radical (unpaired) electrons. The molecule has 0 aromatic heterocycles. The van der Waals surface area contributed by atoms with E-state index < -0.39 is 6.23 Å². The van der Waals surface area contributed by atoms with E-state index in [0.29, 0.717) is 12.1 Å². The number of anilines is 1. The fourth-order valence-electron chi connectivity index (χ4n) is 2.16. The van der Waals surface area contributed by atoms with Crippen molar-refractivity contribution in [2.24, 2.45) is 0 Å². The molecular formula is C13H19N3O3. The molecule has 6 nitrogen and oxygen atoms in total. The number of rotatable bonds is 5. The van der Waals surface area contributed by atoms with Gasteiger partial charge in [0.1, 0.15) is 6.23 Å². The second-order valence-electron chi connectivity index (χ2n) is 4.69. The third kappa shape index (κ3) is 3.92. The van der Waals surface area contributed by atoms with Crippen LogP contribution in [0.4, 0.5) is 5.69 Å². The highest BCUT2D eigenvalue weighted by atomic mass is 16.5. The van der Waals surface area contributed by atoms with Crippen LogP contribution in [-0.4, -0.2) is 35.0 Å². The zero-order valence-electron chi connectivity index (χ0n) is 10.6. The summed E-state index contributed by atoms with van der Waals surface area (Å²) in [5, 5.41) is 24.2. The maximum absolute atomic E-state index is 11.8. The van der Waals surface area contributed by atoms with E-state index in [1.165, 1.54) is 0 Å². The molecule has 1 saturated heterocycles. The predicted molar refractivity (Wildman–Crippen MR) is 70.7 cm³/mol. The first-order valence-corrected chi connectivity index (χ1v) is 6.40. The molecule has 1 heterocycles. The summed E-state index contributed by atoms with van der Waals surface area (Å²) in [6.07, 6.45) is 1.24. The van der Waals surface area contributed by atoms with Crippen molar-refractivity contribution < 1.29 is 15.1 Å². The largest absolute Gasteiger partial charge is 0.373 e. The van der Waals surface area contributed by atoms with Crippen molar-refractivity contribution in [2.75, 3.05) is 12.0 Å². The lowest BCUT2D eigenvalue weighted by molar-refractivity contribution is -0.125. The Morgan fingerprint density at radius 3 is 2.74 bits per heavy atom. The topological polar surface area (TPSA) is 93.6 Å². The van der Waals surface area contributed by atoms with E-state index in [-0.39, 0.29) is 11.9 Å². The number of carbonyl (C=O) groups excluding carboxylic acids is 1. The van der Waals surface area contributed by atoms with Crippen LogP contribution in [0.25, 0.3) is 0 Å². The highest BCUT2D eigenvalue weighted by molar-refractivity contribution is 5.82. The summed E-state index contributed by atoms with van der Waals surface area (Å²) in [6, 6.07) is 6.77. The molecule has 0 bridgehead atoms. The zero-order chi connectivity index (χ0) is 13.7. The van der Waals surface area contributed by atoms with E-state index >= 15 is 0 Å². The van der Waals surface area contributed by atoms with Gasteiger partial charge in [-0.05, 0) is 37.1 Å². The van der Waals surface area contributed by atoms with Gasteiger partial charge in [0.2, 0.25) is 5.91 Å². The molecule has 2 atom stereocenters. The molecule has 2 rings (SSSR count). The Bertz CT molecular complexity index is 416. The van der Waals surface area contributed by atoms with Crippen LogP contribution < -0.4 is 16.1 Å². The number of aliphatic hydroxyl groups excluding tert-OH is 1. The molecule has 0 saturated carbocycles. The minimum Gasteiger partial charge on any atom is -0.373 e. The summed E-state index contributed by atoms with van der Waals surface area (Å²) < 4.78 is 0. The monoisotopic (exact) mass is 265 g/mol. The summed E-state index contributed by atoms with van der Waals surface area (Å²) in [4.78, 5) is 11.8. The average Bonchev–Trinajstić information content (AvgIpc) is 2.93. The van der Waals surface area contributed by atoms with Gasteiger partial charge in [0.25, 0.3) is 0 Å². The van der Waals surface area contributed by atoms with Gasteiger partial charge in [-0.3, -0.25) is 15.5 Å². The number of benzene rings is 1. The molecule has 0 aliphatic carbocycles. The Morgan fingerprint density at radius 2 is 2.16 bits per heavy atom. The van der Waals surface area contributed by atoms with Gasteiger partial charge in [0.15, 0.2) is 0 Å². The molecule has 1 aromatic carbocycles. The summed E-state index contributed by atoms with van der Waals surface area (Å²) in [7, 11) is 0. The Hall–Kier alpha value is -1.63. The van der Waals surface area contributed by atoms with Gasteiger partial charge in [-0.25, -0.2) is 0 Å². The van der Waals surface area contributed by atoms with Crippen LogP contribution in [0, 0.1) is 0 Å². The Kier molecular flexibility index (Phi) is 4.73. The van der Waals surface area contributed by atoms with E-state index in [4.69, 9.17) is 5.21 Å². The van der Waals surface area contributed by atoms with Gasteiger partial charge >= 0.3 is 0 Å². The first-order chi connectivity index (χ1) is 9.19. The molecule has 104 valence electrons. The first-order valence-electron chi connectivity index (χ1n) is 6.40.